The molecule has 0 atom stereocenters. The van der Waals surface area contributed by atoms with Gasteiger partial charge in [0.05, 0.1) is 4.90 Å². The number of carbonyl (C=O) groups excluding carboxylic acids is 1. The Labute approximate surface area is 152 Å². The minimum Gasteiger partial charge on any atom is -0.340 e. The van der Waals surface area contributed by atoms with Gasteiger partial charge in [0.25, 0.3) is 0 Å². The van der Waals surface area contributed by atoms with E-state index in [9.17, 15) is 13.2 Å². The monoisotopic (exact) mass is 414 g/mol. The molecule has 1 saturated carbocycles. The maximum Gasteiger partial charge on any atom is 0.244 e. The van der Waals surface area contributed by atoms with Gasteiger partial charge in [0.15, 0.2) is 0 Å². The van der Waals surface area contributed by atoms with Crippen LogP contribution in [0.25, 0.3) is 0 Å². The largest absolute Gasteiger partial charge is 0.340 e. The van der Waals surface area contributed by atoms with E-state index in [4.69, 9.17) is 0 Å². The van der Waals surface area contributed by atoms with Crippen molar-refractivity contribution >= 4 is 31.9 Å². The zero-order chi connectivity index (χ0) is 17.2. The van der Waals surface area contributed by atoms with Crippen molar-refractivity contribution in [3.63, 3.8) is 0 Å². The van der Waals surface area contributed by atoms with Gasteiger partial charge in [-0.3, -0.25) is 4.79 Å². The van der Waals surface area contributed by atoms with E-state index >= 15 is 0 Å². The summed E-state index contributed by atoms with van der Waals surface area (Å²) in [4.78, 5) is 14.7. The average molecular weight is 415 g/mol. The lowest BCUT2D eigenvalue weighted by atomic mass is 9.88. The van der Waals surface area contributed by atoms with Crippen molar-refractivity contribution in [1.82, 2.24) is 9.21 Å². The fourth-order valence-electron chi connectivity index (χ4n) is 3.55. The molecule has 24 heavy (non-hydrogen) atoms. The summed E-state index contributed by atoms with van der Waals surface area (Å²) in [6.45, 7) is 1.70. The van der Waals surface area contributed by atoms with Gasteiger partial charge in [-0.1, -0.05) is 31.4 Å². The molecule has 1 aromatic carbocycles. The van der Waals surface area contributed by atoms with Gasteiger partial charge in [-0.05, 0) is 40.9 Å². The van der Waals surface area contributed by atoms with Gasteiger partial charge in [-0.15, -0.1) is 0 Å². The van der Waals surface area contributed by atoms with Crippen molar-refractivity contribution in [2.45, 2.75) is 37.0 Å². The van der Waals surface area contributed by atoms with E-state index in [2.05, 4.69) is 15.9 Å². The lowest BCUT2D eigenvalue weighted by Crippen LogP contribution is -2.52. The highest BCUT2D eigenvalue weighted by Gasteiger charge is 2.33. The first kappa shape index (κ1) is 17.9. The fourth-order valence-corrected chi connectivity index (χ4v) is 5.94. The Morgan fingerprint density at radius 1 is 1.00 bits per heavy atom. The summed E-state index contributed by atoms with van der Waals surface area (Å²) in [6, 6.07) is 6.86. The molecular weight excluding hydrogens is 392 g/mol. The number of sulfonamides is 1. The van der Waals surface area contributed by atoms with Gasteiger partial charge in [-0.2, -0.15) is 4.31 Å². The van der Waals surface area contributed by atoms with Crippen molar-refractivity contribution in [2.24, 2.45) is 5.92 Å². The van der Waals surface area contributed by atoms with E-state index in [0.29, 0.717) is 30.7 Å². The summed E-state index contributed by atoms with van der Waals surface area (Å²) in [5.41, 5.74) is 0. The molecule has 0 bridgehead atoms. The Morgan fingerprint density at radius 3 is 2.25 bits per heavy atom. The minimum absolute atomic E-state index is 0.144. The molecule has 0 spiro atoms. The van der Waals surface area contributed by atoms with Crippen LogP contribution in [0.5, 0.6) is 0 Å². The number of nitrogens with zero attached hydrogens (tertiary/aromatic N) is 2. The zero-order valence-electron chi connectivity index (χ0n) is 13.7. The van der Waals surface area contributed by atoms with Gasteiger partial charge in [0, 0.05) is 36.6 Å². The lowest BCUT2D eigenvalue weighted by molar-refractivity contribution is -0.137. The highest BCUT2D eigenvalue weighted by atomic mass is 79.9. The summed E-state index contributed by atoms with van der Waals surface area (Å²) < 4.78 is 27.6. The molecule has 0 radical (unpaired) electrons. The van der Waals surface area contributed by atoms with Crippen LogP contribution in [0.15, 0.2) is 33.6 Å². The molecule has 132 valence electrons. The number of benzene rings is 1. The lowest BCUT2D eigenvalue weighted by Gasteiger charge is -2.36. The second-order valence-corrected chi connectivity index (χ2v) is 9.26. The Hall–Kier alpha value is -0.920. The third kappa shape index (κ3) is 3.68. The van der Waals surface area contributed by atoms with Crippen LogP contribution in [0.1, 0.15) is 32.1 Å². The van der Waals surface area contributed by atoms with Crippen molar-refractivity contribution in [3.8, 4) is 0 Å². The van der Waals surface area contributed by atoms with Crippen molar-refractivity contribution < 1.29 is 13.2 Å². The molecule has 0 aromatic heterocycles. The molecule has 0 N–H and O–H groups in total. The smallest absolute Gasteiger partial charge is 0.244 e. The van der Waals surface area contributed by atoms with E-state index in [-0.39, 0.29) is 16.7 Å². The fraction of sp³-hybridized carbons (Fsp3) is 0.588. The van der Waals surface area contributed by atoms with Crippen LogP contribution in [0.3, 0.4) is 0 Å². The molecular formula is C17H23BrN2O3S. The summed E-state index contributed by atoms with van der Waals surface area (Å²) in [7, 11) is -3.52. The Morgan fingerprint density at radius 2 is 1.62 bits per heavy atom. The molecule has 1 amide bonds. The van der Waals surface area contributed by atoms with E-state index in [1.165, 1.54) is 10.7 Å². The predicted octanol–water partition coefficient (Wildman–Crippen LogP) is 2.86. The number of halogens is 1. The summed E-state index contributed by atoms with van der Waals surface area (Å²) in [6.07, 6.45) is 5.45. The average Bonchev–Trinajstić information content (AvgIpc) is 2.62. The van der Waals surface area contributed by atoms with Crippen LogP contribution in [0, 0.1) is 5.92 Å². The SMILES string of the molecule is O=C(C1CCCCC1)N1CCN(S(=O)(=O)c2ccccc2Br)CC1. The third-order valence-electron chi connectivity index (χ3n) is 4.96. The summed E-state index contributed by atoms with van der Waals surface area (Å²) in [5.74, 6) is 0.359. The predicted molar refractivity (Wildman–Crippen MR) is 96.1 cm³/mol. The molecule has 0 unspecified atom stereocenters. The molecule has 5 nitrogen and oxygen atoms in total. The number of piperazine rings is 1. The minimum atomic E-state index is -3.52. The second kappa shape index (κ2) is 7.54. The Kier molecular flexibility index (Phi) is 5.62. The standard InChI is InChI=1S/C17H23BrN2O3S/c18-15-8-4-5-9-16(15)24(22,23)20-12-10-19(11-13-20)17(21)14-6-2-1-3-7-14/h4-5,8-9,14H,1-3,6-7,10-13H2. The normalized spacial score (nSPS) is 21.0. The van der Waals surface area contributed by atoms with Gasteiger partial charge in [0.1, 0.15) is 0 Å². The molecule has 1 aliphatic heterocycles. The first-order valence-electron chi connectivity index (χ1n) is 8.53. The molecule has 1 saturated heterocycles. The highest BCUT2D eigenvalue weighted by Crippen LogP contribution is 2.28. The maximum absolute atomic E-state index is 12.8. The van der Waals surface area contributed by atoms with E-state index in [1.54, 1.807) is 24.3 Å². The number of hydrogen-bond donors (Lipinski definition) is 0. The summed E-state index contributed by atoms with van der Waals surface area (Å²) in [5, 5.41) is 0. The zero-order valence-corrected chi connectivity index (χ0v) is 16.1. The Balaban J connectivity index is 1.64. The maximum atomic E-state index is 12.8. The topological polar surface area (TPSA) is 57.7 Å². The van der Waals surface area contributed by atoms with Crippen LogP contribution < -0.4 is 0 Å². The first-order valence-corrected chi connectivity index (χ1v) is 10.8. The molecule has 3 rings (SSSR count). The van der Waals surface area contributed by atoms with Gasteiger partial charge in [0.2, 0.25) is 15.9 Å². The second-order valence-electron chi connectivity index (χ2n) is 6.49. The summed E-state index contributed by atoms with van der Waals surface area (Å²) >= 11 is 3.32. The molecule has 1 aromatic rings. The van der Waals surface area contributed by atoms with Crippen LogP contribution in [0.4, 0.5) is 0 Å². The third-order valence-corrected chi connectivity index (χ3v) is 7.87. The molecule has 1 aliphatic carbocycles. The number of rotatable bonds is 3. The van der Waals surface area contributed by atoms with Crippen molar-refractivity contribution in [3.05, 3.63) is 28.7 Å². The van der Waals surface area contributed by atoms with Crippen LogP contribution >= 0.6 is 15.9 Å². The molecule has 1 heterocycles. The highest BCUT2D eigenvalue weighted by molar-refractivity contribution is 9.10. The van der Waals surface area contributed by atoms with E-state index in [0.717, 1.165) is 25.7 Å². The number of amides is 1. The Bertz CT molecular complexity index is 694. The van der Waals surface area contributed by atoms with Crippen molar-refractivity contribution in [1.29, 1.82) is 0 Å². The van der Waals surface area contributed by atoms with Crippen LogP contribution in [-0.2, 0) is 14.8 Å². The van der Waals surface area contributed by atoms with Gasteiger partial charge in [-0.25, -0.2) is 8.42 Å². The van der Waals surface area contributed by atoms with E-state index in [1.807, 2.05) is 4.90 Å². The first-order chi connectivity index (χ1) is 11.5. The van der Waals surface area contributed by atoms with Crippen LogP contribution in [0.2, 0.25) is 0 Å². The van der Waals surface area contributed by atoms with Crippen molar-refractivity contribution in [2.75, 3.05) is 26.2 Å². The number of carbonyl (C=O) groups is 1. The van der Waals surface area contributed by atoms with Crippen LogP contribution in [-0.4, -0.2) is 49.7 Å². The molecule has 7 heteroatoms. The molecule has 2 fully saturated rings. The van der Waals surface area contributed by atoms with Gasteiger partial charge >= 0.3 is 0 Å². The number of hydrogen-bond acceptors (Lipinski definition) is 3. The van der Waals surface area contributed by atoms with Gasteiger partial charge < -0.3 is 4.90 Å². The van der Waals surface area contributed by atoms with E-state index < -0.39 is 10.0 Å². The molecule has 2 aliphatic rings. The quantitative estimate of drug-likeness (QED) is 0.763.